The van der Waals surface area contributed by atoms with Crippen LogP contribution < -0.4 is 5.32 Å². The number of hydrogen-bond acceptors (Lipinski definition) is 3. The lowest BCUT2D eigenvalue weighted by Gasteiger charge is -2.37. The van der Waals surface area contributed by atoms with Gasteiger partial charge in [0.25, 0.3) is 0 Å². The summed E-state index contributed by atoms with van der Waals surface area (Å²) < 4.78 is 5.55. The molecular formula is C18H26N2O. The molecule has 2 aliphatic heterocycles. The van der Waals surface area contributed by atoms with Crippen molar-refractivity contribution in [2.45, 2.75) is 37.6 Å². The van der Waals surface area contributed by atoms with Crippen LogP contribution in [0.5, 0.6) is 0 Å². The van der Waals surface area contributed by atoms with Crippen molar-refractivity contribution in [3.8, 4) is 0 Å². The first-order chi connectivity index (χ1) is 10.3. The van der Waals surface area contributed by atoms with Gasteiger partial charge in [0.15, 0.2) is 0 Å². The third-order valence-corrected chi connectivity index (χ3v) is 5.77. The average molecular weight is 286 g/mol. The lowest BCUT2D eigenvalue weighted by Crippen LogP contribution is -2.41. The van der Waals surface area contributed by atoms with Crippen LogP contribution in [0.3, 0.4) is 0 Å². The van der Waals surface area contributed by atoms with Crippen LogP contribution in [0.1, 0.15) is 42.0 Å². The van der Waals surface area contributed by atoms with Gasteiger partial charge in [0, 0.05) is 19.1 Å². The van der Waals surface area contributed by atoms with Gasteiger partial charge in [-0.1, -0.05) is 23.8 Å². The SMILES string of the molecule is Cc1ccc2c(c1)C1(CCNCC1)C[C@H]2N1CCOCC1. The van der Waals surface area contributed by atoms with Gasteiger partial charge in [-0.25, -0.2) is 0 Å². The molecule has 2 saturated heterocycles. The van der Waals surface area contributed by atoms with Crippen LogP contribution in [-0.4, -0.2) is 44.3 Å². The minimum Gasteiger partial charge on any atom is -0.379 e. The Morgan fingerprint density at radius 2 is 1.95 bits per heavy atom. The Morgan fingerprint density at radius 1 is 1.19 bits per heavy atom. The minimum absolute atomic E-state index is 0.426. The van der Waals surface area contributed by atoms with Gasteiger partial charge < -0.3 is 10.1 Å². The highest BCUT2D eigenvalue weighted by molar-refractivity contribution is 5.45. The van der Waals surface area contributed by atoms with Crippen molar-refractivity contribution in [3.05, 3.63) is 34.9 Å². The summed E-state index contributed by atoms with van der Waals surface area (Å²) in [6.45, 7) is 8.54. The lowest BCUT2D eigenvalue weighted by atomic mass is 9.74. The number of morpholine rings is 1. The number of fused-ring (bicyclic) bond motifs is 2. The molecule has 0 aromatic heterocycles. The predicted molar refractivity (Wildman–Crippen MR) is 84.7 cm³/mol. The second kappa shape index (κ2) is 5.38. The molecule has 1 N–H and O–H groups in total. The second-order valence-electron chi connectivity index (χ2n) is 6.99. The maximum absolute atomic E-state index is 5.55. The average Bonchev–Trinajstić information content (AvgIpc) is 2.83. The predicted octanol–water partition coefficient (Wildman–Crippen LogP) is 2.39. The highest BCUT2D eigenvalue weighted by atomic mass is 16.5. The molecule has 1 aromatic carbocycles. The summed E-state index contributed by atoms with van der Waals surface area (Å²) in [6, 6.07) is 7.79. The smallest absolute Gasteiger partial charge is 0.0594 e. The Balaban J connectivity index is 1.72. The molecule has 1 aromatic rings. The molecule has 0 bridgehead atoms. The standard InChI is InChI=1S/C18H26N2O/c1-14-2-3-15-16(12-14)18(4-6-19-7-5-18)13-17(15)20-8-10-21-11-9-20/h2-3,12,17,19H,4-11,13H2,1H3/t17-/m1/s1. The Bertz CT molecular complexity index is 516. The molecule has 2 fully saturated rings. The summed E-state index contributed by atoms with van der Waals surface area (Å²) in [4.78, 5) is 2.66. The van der Waals surface area contributed by atoms with E-state index < -0.39 is 0 Å². The molecule has 1 spiro atoms. The molecule has 4 rings (SSSR count). The number of nitrogens with one attached hydrogen (secondary N) is 1. The van der Waals surface area contributed by atoms with Gasteiger partial charge in [-0.3, -0.25) is 4.90 Å². The number of benzene rings is 1. The van der Waals surface area contributed by atoms with Gasteiger partial charge >= 0.3 is 0 Å². The Hall–Kier alpha value is -0.900. The van der Waals surface area contributed by atoms with Crippen molar-refractivity contribution >= 4 is 0 Å². The fourth-order valence-corrected chi connectivity index (χ4v) is 4.60. The molecule has 114 valence electrons. The normalized spacial score (nSPS) is 28.7. The van der Waals surface area contributed by atoms with Crippen molar-refractivity contribution in [3.63, 3.8) is 0 Å². The van der Waals surface area contributed by atoms with Crippen LogP contribution in [0.2, 0.25) is 0 Å². The Labute approximate surface area is 127 Å². The van der Waals surface area contributed by atoms with Gasteiger partial charge in [-0.05, 0) is 55.8 Å². The summed E-state index contributed by atoms with van der Waals surface area (Å²) in [6.07, 6.45) is 3.90. The lowest BCUT2D eigenvalue weighted by molar-refractivity contribution is 0.0120. The van der Waals surface area contributed by atoms with Crippen LogP contribution >= 0.6 is 0 Å². The number of ether oxygens (including phenoxy) is 1. The van der Waals surface area contributed by atoms with Crippen molar-refractivity contribution in [1.82, 2.24) is 10.2 Å². The van der Waals surface area contributed by atoms with Crippen LogP contribution in [0.15, 0.2) is 18.2 Å². The summed E-state index contributed by atoms with van der Waals surface area (Å²) in [5, 5.41) is 3.54. The third kappa shape index (κ3) is 2.32. The van der Waals surface area contributed by atoms with E-state index in [-0.39, 0.29) is 0 Å². The van der Waals surface area contributed by atoms with Gasteiger partial charge in [-0.15, -0.1) is 0 Å². The number of nitrogens with zero attached hydrogens (tertiary/aromatic N) is 1. The van der Waals surface area contributed by atoms with E-state index in [2.05, 4.69) is 35.3 Å². The van der Waals surface area contributed by atoms with E-state index in [1.54, 1.807) is 11.1 Å². The van der Waals surface area contributed by atoms with Crippen molar-refractivity contribution < 1.29 is 4.74 Å². The molecular weight excluding hydrogens is 260 g/mol. The maximum atomic E-state index is 5.55. The largest absolute Gasteiger partial charge is 0.379 e. The molecule has 21 heavy (non-hydrogen) atoms. The monoisotopic (exact) mass is 286 g/mol. The van der Waals surface area contributed by atoms with E-state index in [4.69, 9.17) is 4.74 Å². The molecule has 1 atom stereocenters. The van der Waals surface area contributed by atoms with Crippen LogP contribution in [0.4, 0.5) is 0 Å². The highest BCUT2D eigenvalue weighted by Gasteiger charge is 2.46. The van der Waals surface area contributed by atoms with Crippen LogP contribution in [0, 0.1) is 6.92 Å². The van der Waals surface area contributed by atoms with E-state index in [0.717, 1.165) is 26.3 Å². The first-order valence-electron chi connectivity index (χ1n) is 8.42. The maximum Gasteiger partial charge on any atom is 0.0594 e. The quantitative estimate of drug-likeness (QED) is 0.858. The van der Waals surface area contributed by atoms with Gasteiger partial charge in [0.2, 0.25) is 0 Å². The zero-order valence-corrected chi connectivity index (χ0v) is 13.0. The van der Waals surface area contributed by atoms with Crippen molar-refractivity contribution in [2.75, 3.05) is 39.4 Å². The first kappa shape index (κ1) is 13.7. The van der Waals surface area contributed by atoms with Gasteiger partial charge in [0.1, 0.15) is 0 Å². The van der Waals surface area contributed by atoms with E-state index in [9.17, 15) is 0 Å². The fourth-order valence-electron chi connectivity index (χ4n) is 4.60. The van der Waals surface area contributed by atoms with Gasteiger partial charge in [0.05, 0.1) is 13.2 Å². The summed E-state index contributed by atoms with van der Waals surface area (Å²) in [7, 11) is 0. The van der Waals surface area contributed by atoms with Crippen molar-refractivity contribution in [2.24, 2.45) is 0 Å². The zero-order chi connectivity index (χ0) is 14.3. The molecule has 3 heteroatoms. The first-order valence-corrected chi connectivity index (χ1v) is 8.42. The molecule has 1 aliphatic carbocycles. The van der Waals surface area contributed by atoms with Crippen LogP contribution in [0.25, 0.3) is 0 Å². The highest BCUT2D eigenvalue weighted by Crippen LogP contribution is 2.52. The number of hydrogen-bond donors (Lipinski definition) is 1. The Kier molecular flexibility index (Phi) is 3.52. The zero-order valence-electron chi connectivity index (χ0n) is 13.0. The molecule has 3 aliphatic rings. The second-order valence-corrected chi connectivity index (χ2v) is 6.99. The number of aryl methyl sites for hydroxylation is 1. The van der Waals surface area contributed by atoms with E-state index >= 15 is 0 Å². The Morgan fingerprint density at radius 3 is 2.71 bits per heavy atom. The van der Waals surface area contributed by atoms with Crippen molar-refractivity contribution in [1.29, 1.82) is 0 Å². The van der Waals surface area contributed by atoms with E-state index in [1.165, 1.54) is 37.9 Å². The summed E-state index contributed by atoms with van der Waals surface area (Å²) >= 11 is 0. The van der Waals surface area contributed by atoms with E-state index in [1.807, 2.05) is 0 Å². The van der Waals surface area contributed by atoms with Gasteiger partial charge in [-0.2, -0.15) is 0 Å². The molecule has 0 saturated carbocycles. The minimum atomic E-state index is 0.426. The fraction of sp³-hybridized carbons (Fsp3) is 0.667. The molecule has 0 amide bonds. The molecule has 2 heterocycles. The summed E-state index contributed by atoms with van der Waals surface area (Å²) in [5.41, 5.74) is 5.09. The third-order valence-electron chi connectivity index (χ3n) is 5.77. The number of piperidine rings is 1. The molecule has 0 radical (unpaired) electrons. The van der Waals surface area contributed by atoms with E-state index in [0.29, 0.717) is 11.5 Å². The number of rotatable bonds is 1. The molecule has 0 unspecified atom stereocenters. The van der Waals surface area contributed by atoms with Crippen LogP contribution in [-0.2, 0) is 10.2 Å². The summed E-state index contributed by atoms with van der Waals surface area (Å²) in [5.74, 6) is 0. The topological polar surface area (TPSA) is 24.5 Å². The molecule has 3 nitrogen and oxygen atoms in total.